The molecule has 0 aliphatic carbocycles. The first-order chi connectivity index (χ1) is 14.5. The van der Waals surface area contributed by atoms with Gasteiger partial charge in [0.15, 0.2) is 0 Å². The van der Waals surface area contributed by atoms with Gasteiger partial charge in [0.05, 0.1) is 24.2 Å². The Bertz CT molecular complexity index is 952. The zero-order valence-corrected chi connectivity index (χ0v) is 17.1. The summed E-state index contributed by atoms with van der Waals surface area (Å²) in [6.45, 7) is 3.50. The normalized spacial score (nSPS) is 17.6. The maximum atomic E-state index is 13.2. The van der Waals surface area contributed by atoms with Crippen LogP contribution in [0.2, 0.25) is 0 Å². The molecular formula is C23H26N4O3. The minimum atomic E-state index is -0.601. The van der Waals surface area contributed by atoms with Crippen LogP contribution < -0.4 is 5.32 Å². The molecule has 2 aromatic rings. The molecule has 7 heteroatoms. The lowest BCUT2D eigenvalue weighted by Gasteiger charge is -2.47. The molecule has 0 saturated carbocycles. The molecule has 1 saturated heterocycles. The summed E-state index contributed by atoms with van der Waals surface area (Å²) in [6.07, 6.45) is 3.08. The topological polar surface area (TPSA) is 82.6 Å². The van der Waals surface area contributed by atoms with E-state index in [1.807, 2.05) is 47.4 Å². The number of nitrogens with zero attached hydrogens (tertiary/aromatic N) is 3. The van der Waals surface area contributed by atoms with Crippen LogP contribution in [0, 0.1) is 0 Å². The van der Waals surface area contributed by atoms with Crippen LogP contribution in [0.3, 0.4) is 0 Å². The largest absolute Gasteiger partial charge is 0.350 e. The van der Waals surface area contributed by atoms with E-state index in [2.05, 4.69) is 10.3 Å². The first-order valence-electron chi connectivity index (χ1n) is 10.3. The predicted molar refractivity (Wildman–Crippen MR) is 111 cm³/mol. The van der Waals surface area contributed by atoms with Gasteiger partial charge in [-0.2, -0.15) is 0 Å². The first kappa shape index (κ1) is 20.1. The molecule has 0 radical (unpaired) electrons. The zero-order chi connectivity index (χ0) is 21.1. The van der Waals surface area contributed by atoms with Crippen LogP contribution >= 0.6 is 0 Å². The molecule has 1 aromatic heterocycles. The van der Waals surface area contributed by atoms with Crippen molar-refractivity contribution in [3.63, 3.8) is 0 Å². The third kappa shape index (κ3) is 3.92. The fourth-order valence-corrected chi connectivity index (χ4v) is 4.47. The molecule has 156 valence electrons. The third-order valence-corrected chi connectivity index (χ3v) is 6.22. The van der Waals surface area contributed by atoms with Gasteiger partial charge >= 0.3 is 0 Å². The summed E-state index contributed by atoms with van der Waals surface area (Å²) in [4.78, 5) is 45.8. The SMILES string of the molecule is CC(=O)N1CCC(CC(=O)NCc2ccccn2)(N2Cc3ccccc3C2=O)CC1. The minimum Gasteiger partial charge on any atom is -0.350 e. The first-order valence-corrected chi connectivity index (χ1v) is 10.3. The van der Waals surface area contributed by atoms with E-state index in [9.17, 15) is 14.4 Å². The van der Waals surface area contributed by atoms with Crippen molar-refractivity contribution in [3.8, 4) is 0 Å². The molecule has 7 nitrogen and oxygen atoms in total. The smallest absolute Gasteiger partial charge is 0.254 e. The summed E-state index contributed by atoms with van der Waals surface area (Å²) >= 11 is 0. The number of amides is 3. The van der Waals surface area contributed by atoms with Gasteiger partial charge in [-0.1, -0.05) is 24.3 Å². The van der Waals surface area contributed by atoms with Crippen LogP contribution in [0.25, 0.3) is 0 Å². The van der Waals surface area contributed by atoms with Gasteiger partial charge in [-0.05, 0) is 36.6 Å². The van der Waals surface area contributed by atoms with Crippen molar-refractivity contribution in [1.82, 2.24) is 20.1 Å². The number of likely N-dealkylation sites (tertiary alicyclic amines) is 1. The number of pyridine rings is 1. The number of hydrogen-bond donors (Lipinski definition) is 1. The molecule has 2 aliphatic rings. The van der Waals surface area contributed by atoms with E-state index in [-0.39, 0.29) is 24.1 Å². The monoisotopic (exact) mass is 406 g/mol. The molecule has 3 amide bonds. The van der Waals surface area contributed by atoms with E-state index >= 15 is 0 Å². The Balaban J connectivity index is 1.52. The van der Waals surface area contributed by atoms with Crippen LogP contribution in [0.15, 0.2) is 48.7 Å². The number of benzene rings is 1. The average Bonchev–Trinajstić information content (AvgIpc) is 3.11. The second-order valence-corrected chi connectivity index (χ2v) is 8.05. The Morgan fingerprint density at radius 3 is 2.50 bits per heavy atom. The number of piperidine rings is 1. The summed E-state index contributed by atoms with van der Waals surface area (Å²) in [5.74, 6) is -0.112. The molecule has 3 heterocycles. The van der Waals surface area contributed by atoms with Gasteiger partial charge in [-0.25, -0.2) is 0 Å². The highest BCUT2D eigenvalue weighted by molar-refractivity contribution is 5.99. The van der Waals surface area contributed by atoms with Crippen molar-refractivity contribution in [2.75, 3.05) is 13.1 Å². The molecule has 30 heavy (non-hydrogen) atoms. The van der Waals surface area contributed by atoms with Crippen molar-refractivity contribution in [2.45, 2.75) is 44.8 Å². The van der Waals surface area contributed by atoms with Crippen LogP contribution in [-0.2, 0) is 22.7 Å². The molecule has 0 bridgehead atoms. The highest BCUT2D eigenvalue weighted by Crippen LogP contribution is 2.38. The molecule has 1 N–H and O–H groups in total. The summed E-state index contributed by atoms with van der Waals surface area (Å²) in [6, 6.07) is 13.2. The van der Waals surface area contributed by atoms with Crippen LogP contribution in [-0.4, -0.2) is 51.1 Å². The van der Waals surface area contributed by atoms with Crippen LogP contribution in [0.1, 0.15) is 47.8 Å². The van der Waals surface area contributed by atoms with Gasteiger partial charge in [-0.3, -0.25) is 19.4 Å². The van der Waals surface area contributed by atoms with Gasteiger partial charge < -0.3 is 15.1 Å². The van der Waals surface area contributed by atoms with E-state index in [4.69, 9.17) is 0 Å². The number of fused-ring (bicyclic) bond motifs is 1. The molecule has 0 spiro atoms. The van der Waals surface area contributed by atoms with Crippen molar-refractivity contribution in [2.24, 2.45) is 0 Å². The number of nitrogens with one attached hydrogen (secondary N) is 1. The van der Waals surface area contributed by atoms with E-state index < -0.39 is 5.54 Å². The van der Waals surface area contributed by atoms with Crippen LogP contribution in [0.5, 0.6) is 0 Å². The second-order valence-electron chi connectivity index (χ2n) is 8.05. The van der Waals surface area contributed by atoms with Gasteiger partial charge in [0, 0.05) is 38.3 Å². The molecule has 1 fully saturated rings. The summed E-state index contributed by atoms with van der Waals surface area (Å²) in [5.41, 5.74) is 1.89. The number of carbonyl (C=O) groups is 3. The maximum absolute atomic E-state index is 13.2. The van der Waals surface area contributed by atoms with E-state index in [1.165, 1.54) is 0 Å². The zero-order valence-electron chi connectivity index (χ0n) is 17.1. The van der Waals surface area contributed by atoms with Gasteiger partial charge in [0.1, 0.15) is 0 Å². The van der Waals surface area contributed by atoms with Gasteiger partial charge in [0.2, 0.25) is 11.8 Å². The number of rotatable bonds is 5. The Labute approximate surface area is 176 Å². The van der Waals surface area contributed by atoms with E-state index in [1.54, 1.807) is 18.0 Å². The van der Waals surface area contributed by atoms with E-state index in [0.717, 1.165) is 11.3 Å². The maximum Gasteiger partial charge on any atom is 0.254 e. The second kappa shape index (κ2) is 8.26. The quantitative estimate of drug-likeness (QED) is 0.825. The molecule has 4 rings (SSSR count). The molecule has 0 unspecified atom stereocenters. The Morgan fingerprint density at radius 2 is 1.83 bits per heavy atom. The van der Waals surface area contributed by atoms with Crippen molar-refractivity contribution in [1.29, 1.82) is 0 Å². The fraction of sp³-hybridized carbons (Fsp3) is 0.391. The number of carbonyl (C=O) groups excluding carboxylic acids is 3. The number of hydrogen-bond acceptors (Lipinski definition) is 4. The molecular weight excluding hydrogens is 380 g/mol. The highest BCUT2D eigenvalue weighted by Gasteiger charge is 2.47. The standard InChI is InChI=1S/C23H26N4O3/c1-17(28)26-12-9-23(10-13-26,14-21(29)25-15-19-7-4-5-11-24-19)27-16-18-6-2-3-8-20(18)22(27)30/h2-8,11H,9-10,12-16H2,1H3,(H,25,29). The molecule has 1 aromatic carbocycles. The lowest BCUT2D eigenvalue weighted by atomic mass is 9.82. The van der Waals surface area contributed by atoms with Crippen molar-refractivity contribution in [3.05, 3.63) is 65.5 Å². The number of aromatic nitrogens is 1. The third-order valence-electron chi connectivity index (χ3n) is 6.22. The highest BCUT2D eigenvalue weighted by atomic mass is 16.2. The summed E-state index contributed by atoms with van der Waals surface area (Å²) in [5, 5.41) is 2.94. The summed E-state index contributed by atoms with van der Waals surface area (Å²) < 4.78 is 0. The van der Waals surface area contributed by atoms with Crippen molar-refractivity contribution >= 4 is 17.7 Å². The summed E-state index contributed by atoms with van der Waals surface area (Å²) in [7, 11) is 0. The molecule has 0 atom stereocenters. The Morgan fingerprint density at radius 1 is 1.10 bits per heavy atom. The lowest BCUT2D eigenvalue weighted by molar-refractivity contribution is -0.132. The Kier molecular flexibility index (Phi) is 5.53. The van der Waals surface area contributed by atoms with Crippen LogP contribution in [0.4, 0.5) is 0 Å². The predicted octanol–water partition coefficient (Wildman–Crippen LogP) is 2.12. The Hall–Kier alpha value is -3.22. The molecule has 2 aliphatic heterocycles. The lowest BCUT2D eigenvalue weighted by Crippen LogP contribution is -2.57. The average molecular weight is 406 g/mol. The fourth-order valence-electron chi connectivity index (χ4n) is 4.47. The van der Waals surface area contributed by atoms with Gasteiger partial charge in [-0.15, -0.1) is 0 Å². The van der Waals surface area contributed by atoms with Crippen molar-refractivity contribution < 1.29 is 14.4 Å². The van der Waals surface area contributed by atoms with Gasteiger partial charge in [0.25, 0.3) is 5.91 Å². The van der Waals surface area contributed by atoms with E-state index in [0.29, 0.717) is 44.6 Å². The minimum absolute atomic E-state index is 0.0271.